The van der Waals surface area contributed by atoms with Gasteiger partial charge >= 0.3 is 0 Å². The zero-order valence-corrected chi connectivity index (χ0v) is 9.98. The van der Waals surface area contributed by atoms with Crippen molar-refractivity contribution >= 4 is 5.78 Å². The molecule has 2 nitrogen and oxygen atoms in total. The molecule has 0 aliphatic heterocycles. The maximum absolute atomic E-state index is 13.8. The Balaban J connectivity index is 2.72. The Hall–Kier alpha value is -1.38. The lowest BCUT2D eigenvalue weighted by Gasteiger charge is -2.13. The van der Waals surface area contributed by atoms with Crippen LogP contribution in [0, 0.1) is 18.2 Å². The third kappa shape index (κ3) is 1.34. The zero-order valence-electron chi connectivity index (χ0n) is 9.98. The molecule has 2 rings (SSSR count). The number of rotatable bonds is 1. The molecule has 86 valence electrons. The second-order valence-electron chi connectivity index (χ2n) is 4.93. The summed E-state index contributed by atoms with van der Waals surface area (Å²) in [6.45, 7) is 5.50. The monoisotopic (exact) mass is 222 g/mol. The molecular formula is C13H15FO2. The number of ketones is 1. The van der Waals surface area contributed by atoms with Gasteiger partial charge in [0.2, 0.25) is 0 Å². The second-order valence-corrected chi connectivity index (χ2v) is 4.93. The van der Waals surface area contributed by atoms with Crippen molar-refractivity contribution in [1.82, 2.24) is 0 Å². The average Bonchev–Trinajstić information content (AvgIpc) is 2.45. The van der Waals surface area contributed by atoms with E-state index in [4.69, 9.17) is 4.74 Å². The molecule has 1 aromatic carbocycles. The number of halogens is 1. The van der Waals surface area contributed by atoms with Gasteiger partial charge in [0.15, 0.2) is 5.78 Å². The van der Waals surface area contributed by atoms with Crippen LogP contribution in [-0.4, -0.2) is 12.9 Å². The van der Waals surface area contributed by atoms with Gasteiger partial charge in [-0.2, -0.15) is 0 Å². The fourth-order valence-corrected chi connectivity index (χ4v) is 2.33. The first kappa shape index (κ1) is 11.1. The average molecular weight is 222 g/mol. The summed E-state index contributed by atoms with van der Waals surface area (Å²) in [5, 5.41) is 0. The Kier molecular flexibility index (Phi) is 2.30. The first-order chi connectivity index (χ1) is 7.38. The lowest BCUT2D eigenvalue weighted by molar-refractivity contribution is 0.0862. The van der Waals surface area contributed by atoms with Gasteiger partial charge in [-0.15, -0.1) is 0 Å². The van der Waals surface area contributed by atoms with E-state index in [0.717, 1.165) is 5.56 Å². The van der Waals surface area contributed by atoms with Crippen molar-refractivity contribution in [2.24, 2.45) is 5.41 Å². The van der Waals surface area contributed by atoms with E-state index in [2.05, 4.69) is 0 Å². The molecule has 0 atom stereocenters. The second kappa shape index (κ2) is 3.30. The maximum Gasteiger partial charge on any atom is 0.169 e. The van der Waals surface area contributed by atoms with Gasteiger partial charge in [-0.05, 0) is 13.3 Å². The molecule has 0 fully saturated rings. The number of hydrogen-bond acceptors (Lipinski definition) is 2. The zero-order chi connectivity index (χ0) is 12.1. The fraction of sp³-hybridized carbons (Fsp3) is 0.462. The van der Waals surface area contributed by atoms with Crippen LogP contribution in [0.2, 0.25) is 0 Å². The number of methoxy groups -OCH3 is 1. The molecule has 0 unspecified atom stereocenters. The molecule has 1 aliphatic carbocycles. The lowest BCUT2D eigenvalue weighted by Crippen LogP contribution is -2.19. The van der Waals surface area contributed by atoms with E-state index in [1.165, 1.54) is 13.2 Å². The van der Waals surface area contributed by atoms with E-state index >= 15 is 0 Å². The standard InChI is InChI=1S/C13H15FO2/c1-7-10(16-4)5-9(14)8-6-13(2,3)12(15)11(7)8/h5H,6H2,1-4H3. The van der Waals surface area contributed by atoms with E-state index in [1.807, 2.05) is 13.8 Å². The molecule has 0 spiro atoms. The van der Waals surface area contributed by atoms with Crippen molar-refractivity contribution in [2.75, 3.05) is 7.11 Å². The fourth-order valence-electron chi connectivity index (χ4n) is 2.33. The van der Waals surface area contributed by atoms with Gasteiger partial charge in [0.25, 0.3) is 0 Å². The summed E-state index contributed by atoms with van der Waals surface area (Å²) in [5.74, 6) is 0.122. The van der Waals surface area contributed by atoms with Crippen LogP contribution < -0.4 is 4.74 Å². The highest BCUT2D eigenvalue weighted by Gasteiger charge is 2.40. The highest BCUT2D eigenvalue weighted by Crippen LogP contribution is 2.41. The van der Waals surface area contributed by atoms with Crippen molar-refractivity contribution < 1.29 is 13.9 Å². The molecule has 1 aliphatic rings. The lowest BCUT2D eigenvalue weighted by atomic mass is 9.88. The van der Waals surface area contributed by atoms with E-state index in [9.17, 15) is 9.18 Å². The number of carbonyl (C=O) groups excluding carboxylic acids is 1. The molecular weight excluding hydrogens is 207 g/mol. The van der Waals surface area contributed by atoms with E-state index < -0.39 is 5.41 Å². The van der Waals surface area contributed by atoms with Crippen molar-refractivity contribution in [2.45, 2.75) is 27.2 Å². The van der Waals surface area contributed by atoms with E-state index in [1.54, 1.807) is 6.92 Å². The summed E-state index contributed by atoms with van der Waals surface area (Å²) in [6.07, 6.45) is 0.470. The quantitative estimate of drug-likeness (QED) is 0.730. The van der Waals surface area contributed by atoms with Crippen LogP contribution in [0.3, 0.4) is 0 Å². The normalized spacial score (nSPS) is 17.4. The van der Waals surface area contributed by atoms with Crippen LogP contribution in [0.1, 0.15) is 35.3 Å². The number of fused-ring (bicyclic) bond motifs is 1. The van der Waals surface area contributed by atoms with Crippen molar-refractivity contribution in [3.05, 3.63) is 28.6 Å². The minimum absolute atomic E-state index is 0.0119. The van der Waals surface area contributed by atoms with Gasteiger partial charge in [-0.1, -0.05) is 13.8 Å². The summed E-state index contributed by atoms with van der Waals surface area (Å²) in [5.41, 5.74) is 1.30. The molecule has 16 heavy (non-hydrogen) atoms. The molecule has 0 bridgehead atoms. The summed E-state index contributed by atoms with van der Waals surface area (Å²) in [7, 11) is 1.48. The number of hydrogen-bond donors (Lipinski definition) is 0. The highest BCUT2D eigenvalue weighted by molar-refractivity contribution is 6.06. The SMILES string of the molecule is COc1cc(F)c2c(c1C)C(=O)C(C)(C)C2. The molecule has 0 heterocycles. The van der Waals surface area contributed by atoms with E-state index in [0.29, 0.717) is 23.3 Å². The molecule has 3 heteroatoms. The Labute approximate surface area is 94.4 Å². The van der Waals surface area contributed by atoms with Crippen LogP contribution in [0.5, 0.6) is 5.75 Å². The first-order valence-corrected chi connectivity index (χ1v) is 5.29. The number of Topliss-reactive ketones (excluding diaryl/α,β-unsaturated/α-hetero) is 1. The van der Waals surface area contributed by atoms with Crippen LogP contribution in [0.15, 0.2) is 6.07 Å². The number of benzene rings is 1. The minimum Gasteiger partial charge on any atom is -0.496 e. The smallest absolute Gasteiger partial charge is 0.169 e. The maximum atomic E-state index is 13.8. The van der Waals surface area contributed by atoms with Gasteiger partial charge in [-0.3, -0.25) is 4.79 Å². The van der Waals surface area contributed by atoms with Crippen LogP contribution in [0.4, 0.5) is 4.39 Å². The number of carbonyl (C=O) groups is 1. The molecule has 0 aromatic heterocycles. The van der Waals surface area contributed by atoms with E-state index in [-0.39, 0.29) is 11.6 Å². The highest BCUT2D eigenvalue weighted by atomic mass is 19.1. The summed E-state index contributed by atoms with van der Waals surface area (Å²) in [4.78, 5) is 12.1. The van der Waals surface area contributed by atoms with Gasteiger partial charge in [0.1, 0.15) is 11.6 Å². The Bertz CT molecular complexity index is 475. The molecule has 0 saturated carbocycles. The Morgan fingerprint density at radius 3 is 2.62 bits per heavy atom. The minimum atomic E-state index is -0.500. The van der Waals surface area contributed by atoms with Gasteiger partial charge in [0.05, 0.1) is 7.11 Å². The van der Waals surface area contributed by atoms with Crippen LogP contribution in [-0.2, 0) is 6.42 Å². The van der Waals surface area contributed by atoms with Gasteiger partial charge in [-0.25, -0.2) is 4.39 Å². The summed E-state index contributed by atoms with van der Waals surface area (Å²) < 4.78 is 18.9. The first-order valence-electron chi connectivity index (χ1n) is 5.29. The van der Waals surface area contributed by atoms with Crippen molar-refractivity contribution in [3.8, 4) is 5.75 Å². The topological polar surface area (TPSA) is 26.3 Å². The van der Waals surface area contributed by atoms with Gasteiger partial charge in [0, 0.05) is 28.2 Å². The van der Waals surface area contributed by atoms with Crippen molar-refractivity contribution in [3.63, 3.8) is 0 Å². The molecule has 1 aromatic rings. The third-order valence-electron chi connectivity index (χ3n) is 3.27. The Morgan fingerprint density at radius 1 is 1.44 bits per heavy atom. The third-order valence-corrected chi connectivity index (χ3v) is 3.27. The predicted molar refractivity (Wildman–Crippen MR) is 59.5 cm³/mol. The number of ether oxygens (including phenoxy) is 1. The largest absolute Gasteiger partial charge is 0.496 e. The van der Waals surface area contributed by atoms with Crippen molar-refractivity contribution in [1.29, 1.82) is 0 Å². The molecule has 0 saturated heterocycles. The van der Waals surface area contributed by atoms with Crippen LogP contribution >= 0.6 is 0 Å². The summed E-state index contributed by atoms with van der Waals surface area (Å²) >= 11 is 0. The molecule has 0 radical (unpaired) electrons. The van der Waals surface area contributed by atoms with Crippen LogP contribution in [0.25, 0.3) is 0 Å². The van der Waals surface area contributed by atoms with Gasteiger partial charge < -0.3 is 4.74 Å². The Morgan fingerprint density at radius 2 is 2.06 bits per heavy atom. The molecule has 0 N–H and O–H groups in total. The summed E-state index contributed by atoms with van der Waals surface area (Å²) in [6, 6.07) is 1.36. The molecule has 0 amide bonds. The predicted octanol–water partition coefficient (Wildman–Crippen LogP) is 2.91.